The van der Waals surface area contributed by atoms with Gasteiger partial charge in [0.15, 0.2) is 5.13 Å². The molecule has 3 heterocycles. The Kier molecular flexibility index (Phi) is 6.57. The molecule has 29 heavy (non-hydrogen) atoms. The first-order valence-corrected chi connectivity index (χ1v) is 9.68. The van der Waals surface area contributed by atoms with Crippen molar-refractivity contribution in [3.05, 3.63) is 63.7 Å². The molecule has 2 N–H and O–H groups in total. The maximum atomic E-state index is 12.6. The van der Waals surface area contributed by atoms with Gasteiger partial charge in [0.1, 0.15) is 5.69 Å². The fourth-order valence-corrected chi connectivity index (χ4v) is 4.22. The number of thiazole rings is 1. The topological polar surface area (TPSA) is 115 Å². The smallest absolute Gasteiger partial charge is 0.294 e. The van der Waals surface area contributed by atoms with Crippen molar-refractivity contribution in [2.24, 2.45) is 0 Å². The van der Waals surface area contributed by atoms with Gasteiger partial charge in [-0.05, 0) is 44.0 Å². The Morgan fingerprint density at radius 3 is 2.83 bits per heavy atom. The highest BCUT2D eigenvalue weighted by atomic mass is 35.5. The van der Waals surface area contributed by atoms with E-state index in [2.05, 4.69) is 20.6 Å². The Morgan fingerprint density at radius 1 is 1.34 bits per heavy atom. The van der Waals surface area contributed by atoms with Crippen molar-refractivity contribution in [3.8, 4) is 5.69 Å². The molecular formula is C18H19ClN6O3S. The second kappa shape index (κ2) is 9.12. The molecule has 0 unspecified atom stereocenters. The van der Waals surface area contributed by atoms with Gasteiger partial charge in [0.05, 0.1) is 11.3 Å². The molecule has 4 rings (SSSR count). The monoisotopic (exact) mass is 434 g/mol. The Balaban J connectivity index is 0.00000240. The number of carbonyl (C=O) groups is 1. The van der Waals surface area contributed by atoms with Gasteiger partial charge in [-0.15, -0.1) is 23.7 Å². The van der Waals surface area contributed by atoms with Crippen LogP contribution in [0.2, 0.25) is 0 Å². The fourth-order valence-electron chi connectivity index (χ4n) is 3.24. The van der Waals surface area contributed by atoms with E-state index >= 15 is 0 Å². The lowest BCUT2D eigenvalue weighted by Crippen LogP contribution is -2.26. The molecule has 0 spiro atoms. The predicted octanol–water partition coefficient (Wildman–Crippen LogP) is 3.38. The highest BCUT2D eigenvalue weighted by Crippen LogP contribution is 2.32. The second-order valence-electron chi connectivity index (χ2n) is 6.48. The van der Waals surface area contributed by atoms with E-state index in [1.165, 1.54) is 40.6 Å². The van der Waals surface area contributed by atoms with Crippen LogP contribution in [0.3, 0.4) is 0 Å². The van der Waals surface area contributed by atoms with E-state index in [0.29, 0.717) is 16.7 Å². The minimum absolute atomic E-state index is 0. The molecule has 2 aromatic heterocycles. The number of nitro benzene ring substituents is 1. The number of nitrogens with one attached hydrogen (secondary N) is 2. The minimum Gasteiger partial charge on any atom is -0.317 e. The van der Waals surface area contributed by atoms with Crippen LogP contribution in [0.25, 0.3) is 5.69 Å². The molecule has 11 heteroatoms. The maximum Gasteiger partial charge on any atom is 0.294 e. The molecule has 1 amide bonds. The lowest BCUT2D eigenvalue weighted by molar-refractivity contribution is -0.384. The zero-order valence-corrected chi connectivity index (χ0v) is 16.9. The normalized spacial score (nSPS) is 14.2. The number of carbonyl (C=O) groups excluding carboxylic acids is 1. The van der Waals surface area contributed by atoms with Crippen molar-refractivity contribution in [3.63, 3.8) is 0 Å². The Bertz CT molecular complexity index is 1000. The first-order chi connectivity index (χ1) is 13.6. The van der Waals surface area contributed by atoms with Crippen molar-refractivity contribution in [2.45, 2.75) is 18.8 Å². The predicted molar refractivity (Wildman–Crippen MR) is 112 cm³/mol. The summed E-state index contributed by atoms with van der Waals surface area (Å²) >= 11 is 1.46. The molecule has 1 fully saturated rings. The molecule has 0 saturated carbocycles. The standard InChI is InChI=1S/C18H18N6O3S.ClH/c25-17(22-18-21-10-16(28-18)12-3-5-19-6-4-12)13-1-2-14(15(9-13)24(26)27)23-8-7-20-11-23;/h1-2,7-12,19H,3-6H2,(H,21,22,25);1H. The number of hydrogen-bond acceptors (Lipinski definition) is 7. The van der Waals surface area contributed by atoms with Gasteiger partial charge in [0.2, 0.25) is 0 Å². The molecule has 152 valence electrons. The average molecular weight is 435 g/mol. The zero-order valence-electron chi connectivity index (χ0n) is 15.3. The molecule has 1 aliphatic rings. The first kappa shape index (κ1) is 20.9. The summed E-state index contributed by atoms with van der Waals surface area (Å²) in [7, 11) is 0. The molecule has 3 aromatic rings. The van der Waals surface area contributed by atoms with Crippen LogP contribution in [0, 0.1) is 10.1 Å². The molecule has 9 nitrogen and oxygen atoms in total. The largest absolute Gasteiger partial charge is 0.317 e. The Hall–Kier alpha value is -2.82. The van der Waals surface area contributed by atoms with Crippen LogP contribution in [0.4, 0.5) is 10.8 Å². The van der Waals surface area contributed by atoms with Gasteiger partial charge >= 0.3 is 0 Å². The fraction of sp³-hybridized carbons (Fsp3) is 0.278. The summed E-state index contributed by atoms with van der Waals surface area (Å²) in [6.45, 7) is 1.97. The number of hydrogen-bond donors (Lipinski definition) is 2. The summed E-state index contributed by atoms with van der Waals surface area (Å²) in [4.78, 5) is 32.9. The van der Waals surface area contributed by atoms with Gasteiger partial charge in [-0.25, -0.2) is 9.97 Å². The summed E-state index contributed by atoms with van der Waals surface area (Å²) in [5, 5.41) is 18.0. The third kappa shape index (κ3) is 4.61. The van der Waals surface area contributed by atoms with Crippen molar-refractivity contribution in [2.75, 3.05) is 18.4 Å². The summed E-state index contributed by atoms with van der Waals surface area (Å²) in [5.41, 5.74) is 0.385. The highest BCUT2D eigenvalue weighted by molar-refractivity contribution is 7.15. The van der Waals surface area contributed by atoms with Crippen LogP contribution in [0.1, 0.15) is 34.0 Å². The molecule has 1 aliphatic heterocycles. The van der Waals surface area contributed by atoms with Crippen LogP contribution in [-0.4, -0.2) is 38.5 Å². The summed E-state index contributed by atoms with van der Waals surface area (Å²) < 4.78 is 1.53. The number of amides is 1. The molecule has 0 radical (unpaired) electrons. The van der Waals surface area contributed by atoms with Gasteiger partial charge in [0, 0.05) is 35.1 Å². The van der Waals surface area contributed by atoms with E-state index in [1.54, 1.807) is 18.5 Å². The number of imidazole rings is 1. The third-order valence-corrected chi connectivity index (χ3v) is 5.78. The third-order valence-electron chi connectivity index (χ3n) is 4.70. The number of halogens is 1. The van der Waals surface area contributed by atoms with Crippen LogP contribution in [-0.2, 0) is 0 Å². The van der Waals surface area contributed by atoms with Crippen LogP contribution in [0.15, 0.2) is 43.1 Å². The number of rotatable bonds is 5. The zero-order chi connectivity index (χ0) is 19.5. The van der Waals surface area contributed by atoms with Crippen LogP contribution >= 0.6 is 23.7 Å². The van der Waals surface area contributed by atoms with E-state index in [4.69, 9.17) is 0 Å². The lowest BCUT2D eigenvalue weighted by Gasteiger charge is -2.20. The SMILES string of the molecule is Cl.O=C(Nc1ncc(C2CCNCC2)s1)c1ccc(-n2ccnc2)c([N+](=O)[O-])c1. The van der Waals surface area contributed by atoms with Crippen molar-refractivity contribution >= 4 is 40.5 Å². The summed E-state index contributed by atoms with van der Waals surface area (Å²) in [6.07, 6.45) is 8.53. The van der Waals surface area contributed by atoms with Crippen LogP contribution < -0.4 is 10.6 Å². The van der Waals surface area contributed by atoms with Crippen molar-refractivity contribution in [1.29, 1.82) is 0 Å². The Labute approximate surface area is 176 Å². The Morgan fingerprint density at radius 2 is 2.14 bits per heavy atom. The number of nitrogens with zero attached hydrogens (tertiary/aromatic N) is 4. The average Bonchev–Trinajstić information content (AvgIpc) is 3.40. The lowest BCUT2D eigenvalue weighted by atomic mass is 9.97. The van der Waals surface area contributed by atoms with Gasteiger partial charge in [-0.1, -0.05) is 0 Å². The van der Waals surface area contributed by atoms with E-state index < -0.39 is 10.8 Å². The minimum atomic E-state index is -0.509. The first-order valence-electron chi connectivity index (χ1n) is 8.86. The number of aromatic nitrogens is 3. The van der Waals surface area contributed by atoms with Crippen molar-refractivity contribution in [1.82, 2.24) is 19.9 Å². The number of benzene rings is 1. The number of nitro groups is 1. The van der Waals surface area contributed by atoms with E-state index in [0.717, 1.165) is 30.8 Å². The second-order valence-corrected chi connectivity index (χ2v) is 7.54. The highest BCUT2D eigenvalue weighted by Gasteiger charge is 2.21. The molecule has 0 atom stereocenters. The summed E-state index contributed by atoms with van der Waals surface area (Å²) in [5.74, 6) is 0.0337. The van der Waals surface area contributed by atoms with E-state index in [1.807, 2.05) is 0 Å². The number of piperidine rings is 1. The van der Waals surface area contributed by atoms with Crippen LogP contribution in [0.5, 0.6) is 0 Å². The maximum absolute atomic E-state index is 12.6. The van der Waals surface area contributed by atoms with Crippen molar-refractivity contribution < 1.29 is 9.72 Å². The quantitative estimate of drug-likeness (QED) is 0.470. The number of anilines is 1. The molecule has 1 saturated heterocycles. The molecular weight excluding hydrogens is 416 g/mol. The summed E-state index contributed by atoms with van der Waals surface area (Å²) in [6, 6.07) is 4.36. The van der Waals surface area contributed by atoms with E-state index in [9.17, 15) is 14.9 Å². The molecule has 1 aromatic carbocycles. The van der Waals surface area contributed by atoms with Gasteiger partial charge in [-0.3, -0.25) is 20.2 Å². The van der Waals surface area contributed by atoms with Gasteiger partial charge in [-0.2, -0.15) is 0 Å². The molecule has 0 bridgehead atoms. The van der Waals surface area contributed by atoms with E-state index in [-0.39, 0.29) is 23.7 Å². The van der Waals surface area contributed by atoms with Gasteiger partial charge in [0.25, 0.3) is 11.6 Å². The van der Waals surface area contributed by atoms with Gasteiger partial charge < -0.3 is 9.88 Å². The molecule has 0 aliphatic carbocycles.